The van der Waals surface area contributed by atoms with E-state index in [1.165, 1.54) is 13.2 Å². The monoisotopic (exact) mass is 246 g/mol. The molecular weight excluding hydrogens is 231 g/mol. The van der Waals surface area contributed by atoms with Gasteiger partial charge < -0.3 is 10.1 Å². The lowest BCUT2D eigenvalue weighted by atomic mass is 10.2. The van der Waals surface area contributed by atoms with Gasteiger partial charge in [-0.2, -0.15) is 0 Å². The van der Waals surface area contributed by atoms with E-state index in [0.29, 0.717) is 12.2 Å². The molecule has 0 saturated heterocycles. The molecule has 1 N–H and O–H groups in total. The number of hydrogen-bond acceptors (Lipinski definition) is 3. The number of nitrogens with one attached hydrogen (secondary N) is 1. The van der Waals surface area contributed by atoms with Crippen molar-refractivity contribution in [3.8, 4) is 5.75 Å². The van der Waals surface area contributed by atoms with Crippen LogP contribution in [0.3, 0.4) is 0 Å². The van der Waals surface area contributed by atoms with Crippen LogP contribution in [-0.4, -0.2) is 12.1 Å². The van der Waals surface area contributed by atoms with E-state index in [1.54, 1.807) is 18.3 Å². The molecule has 2 aromatic rings. The predicted molar refractivity (Wildman–Crippen MR) is 69.3 cm³/mol. The van der Waals surface area contributed by atoms with Gasteiger partial charge >= 0.3 is 0 Å². The summed E-state index contributed by atoms with van der Waals surface area (Å²) in [4.78, 5) is 4.27. The molecule has 0 aliphatic carbocycles. The van der Waals surface area contributed by atoms with Gasteiger partial charge in [0, 0.05) is 18.0 Å². The Kier molecular flexibility index (Phi) is 3.77. The van der Waals surface area contributed by atoms with Crippen LogP contribution < -0.4 is 10.1 Å². The summed E-state index contributed by atoms with van der Waals surface area (Å²) in [7, 11) is 1.45. The lowest BCUT2D eigenvalue weighted by Gasteiger charge is -2.09. The van der Waals surface area contributed by atoms with E-state index in [4.69, 9.17) is 4.74 Å². The zero-order chi connectivity index (χ0) is 13.0. The van der Waals surface area contributed by atoms with Crippen molar-refractivity contribution in [3.05, 3.63) is 53.6 Å². The Morgan fingerprint density at radius 2 is 2.17 bits per heavy atom. The SMILES string of the molecule is COc1ccc(NCc2ncccc2C)cc1F. The van der Waals surface area contributed by atoms with Crippen molar-refractivity contribution >= 4 is 5.69 Å². The number of rotatable bonds is 4. The molecule has 0 amide bonds. The second-order valence-corrected chi connectivity index (χ2v) is 3.97. The average Bonchev–Trinajstić information content (AvgIpc) is 2.38. The van der Waals surface area contributed by atoms with Crippen LogP contribution in [0.5, 0.6) is 5.75 Å². The van der Waals surface area contributed by atoms with Gasteiger partial charge in [0.05, 0.1) is 19.3 Å². The highest BCUT2D eigenvalue weighted by Gasteiger charge is 2.04. The number of aromatic nitrogens is 1. The number of hydrogen-bond donors (Lipinski definition) is 1. The Morgan fingerprint density at radius 3 is 2.83 bits per heavy atom. The summed E-state index contributed by atoms with van der Waals surface area (Å²) in [5, 5.41) is 3.14. The van der Waals surface area contributed by atoms with Crippen molar-refractivity contribution in [2.24, 2.45) is 0 Å². The first-order chi connectivity index (χ1) is 8.70. The van der Waals surface area contributed by atoms with Gasteiger partial charge in [0.15, 0.2) is 11.6 Å². The van der Waals surface area contributed by atoms with Gasteiger partial charge in [-0.1, -0.05) is 6.07 Å². The number of ether oxygens (including phenoxy) is 1. The van der Waals surface area contributed by atoms with Crippen molar-refractivity contribution in [3.63, 3.8) is 0 Å². The minimum Gasteiger partial charge on any atom is -0.494 e. The van der Waals surface area contributed by atoms with Crippen LogP contribution in [0.4, 0.5) is 10.1 Å². The summed E-state index contributed by atoms with van der Waals surface area (Å²) in [6.07, 6.45) is 1.75. The van der Waals surface area contributed by atoms with Gasteiger partial charge in [-0.15, -0.1) is 0 Å². The molecule has 0 saturated carbocycles. The number of halogens is 1. The molecule has 3 nitrogen and oxygen atoms in total. The fourth-order valence-electron chi connectivity index (χ4n) is 1.67. The van der Waals surface area contributed by atoms with Gasteiger partial charge in [-0.05, 0) is 30.7 Å². The maximum absolute atomic E-state index is 13.5. The molecule has 0 fully saturated rings. The first-order valence-corrected chi connectivity index (χ1v) is 5.68. The summed E-state index contributed by atoms with van der Waals surface area (Å²) in [6, 6.07) is 8.69. The Balaban J connectivity index is 2.07. The second kappa shape index (κ2) is 5.49. The lowest BCUT2D eigenvalue weighted by Crippen LogP contribution is -2.03. The number of pyridine rings is 1. The summed E-state index contributed by atoms with van der Waals surface area (Å²) in [6.45, 7) is 2.57. The Morgan fingerprint density at radius 1 is 1.33 bits per heavy atom. The quantitative estimate of drug-likeness (QED) is 0.899. The molecule has 4 heteroatoms. The topological polar surface area (TPSA) is 34.1 Å². The Hall–Kier alpha value is -2.10. The van der Waals surface area contributed by atoms with Gasteiger partial charge in [0.1, 0.15) is 0 Å². The smallest absolute Gasteiger partial charge is 0.167 e. The molecule has 1 aromatic carbocycles. The van der Waals surface area contributed by atoms with E-state index in [1.807, 2.05) is 19.1 Å². The molecule has 18 heavy (non-hydrogen) atoms. The molecule has 1 aromatic heterocycles. The van der Waals surface area contributed by atoms with Crippen molar-refractivity contribution in [2.45, 2.75) is 13.5 Å². The third-order valence-corrected chi connectivity index (χ3v) is 2.73. The molecule has 2 rings (SSSR count). The third kappa shape index (κ3) is 2.77. The van der Waals surface area contributed by atoms with Crippen molar-refractivity contribution < 1.29 is 9.13 Å². The molecule has 0 unspecified atom stereocenters. The van der Waals surface area contributed by atoms with Crippen molar-refractivity contribution in [1.82, 2.24) is 4.98 Å². The summed E-state index contributed by atoms with van der Waals surface area (Å²) < 4.78 is 18.3. The number of anilines is 1. The molecule has 0 aliphatic heterocycles. The van der Waals surface area contributed by atoms with Crippen LogP contribution in [0.25, 0.3) is 0 Å². The molecule has 0 aliphatic rings. The number of methoxy groups -OCH3 is 1. The summed E-state index contributed by atoms with van der Waals surface area (Å²) in [5.41, 5.74) is 2.77. The first-order valence-electron chi connectivity index (χ1n) is 5.68. The predicted octanol–water partition coefficient (Wildman–Crippen LogP) is 3.15. The normalized spacial score (nSPS) is 10.2. The van der Waals surface area contributed by atoms with Gasteiger partial charge in [0.25, 0.3) is 0 Å². The maximum Gasteiger partial charge on any atom is 0.167 e. The highest BCUT2D eigenvalue weighted by atomic mass is 19.1. The van der Waals surface area contributed by atoms with E-state index in [9.17, 15) is 4.39 Å². The molecule has 0 bridgehead atoms. The minimum atomic E-state index is -0.375. The van der Waals surface area contributed by atoms with Crippen LogP contribution in [0.15, 0.2) is 36.5 Å². The Labute approximate surface area is 106 Å². The van der Waals surface area contributed by atoms with E-state index >= 15 is 0 Å². The van der Waals surface area contributed by atoms with Crippen LogP contribution in [0.1, 0.15) is 11.3 Å². The molecule has 1 heterocycles. The van der Waals surface area contributed by atoms with E-state index in [0.717, 1.165) is 11.3 Å². The highest BCUT2D eigenvalue weighted by molar-refractivity contribution is 5.47. The maximum atomic E-state index is 13.5. The van der Waals surface area contributed by atoms with E-state index < -0.39 is 0 Å². The third-order valence-electron chi connectivity index (χ3n) is 2.73. The zero-order valence-electron chi connectivity index (χ0n) is 10.4. The van der Waals surface area contributed by atoms with E-state index in [-0.39, 0.29) is 11.6 Å². The average molecular weight is 246 g/mol. The van der Waals surface area contributed by atoms with Crippen LogP contribution >= 0.6 is 0 Å². The molecule has 0 atom stereocenters. The largest absolute Gasteiger partial charge is 0.494 e. The van der Waals surface area contributed by atoms with Crippen LogP contribution in [-0.2, 0) is 6.54 Å². The number of nitrogens with zero attached hydrogens (tertiary/aromatic N) is 1. The number of benzene rings is 1. The fraction of sp³-hybridized carbons (Fsp3) is 0.214. The Bertz CT molecular complexity index is 543. The van der Waals surface area contributed by atoms with Gasteiger partial charge in [-0.25, -0.2) is 4.39 Å². The lowest BCUT2D eigenvalue weighted by molar-refractivity contribution is 0.386. The van der Waals surface area contributed by atoms with E-state index in [2.05, 4.69) is 10.3 Å². The van der Waals surface area contributed by atoms with Crippen LogP contribution in [0.2, 0.25) is 0 Å². The highest BCUT2D eigenvalue weighted by Crippen LogP contribution is 2.21. The number of aryl methyl sites for hydroxylation is 1. The van der Waals surface area contributed by atoms with Gasteiger partial charge in [-0.3, -0.25) is 4.98 Å². The molecular formula is C14H15FN2O. The van der Waals surface area contributed by atoms with Crippen molar-refractivity contribution in [1.29, 1.82) is 0 Å². The zero-order valence-corrected chi connectivity index (χ0v) is 10.4. The molecule has 0 radical (unpaired) electrons. The van der Waals surface area contributed by atoms with Crippen LogP contribution in [0, 0.1) is 12.7 Å². The summed E-state index contributed by atoms with van der Waals surface area (Å²) in [5.74, 6) is -0.130. The minimum absolute atomic E-state index is 0.245. The van der Waals surface area contributed by atoms with Gasteiger partial charge in [0.2, 0.25) is 0 Å². The van der Waals surface area contributed by atoms with Crippen molar-refractivity contribution in [2.75, 3.05) is 12.4 Å². The fourth-order valence-corrected chi connectivity index (χ4v) is 1.67. The molecule has 0 spiro atoms. The molecule has 94 valence electrons. The first kappa shape index (κ1) is 12.4. The standard InChI is InChI=1S/C14H15FN2O/c1-10-4-3-7-16-13(10)9-17-11-5-6-14(18-2)12(15)8-11/h3-8,17H,9H2,1-2H3. The second-order valence-electron chi connectivity index (χ2n) is 3.97. The summed E-state index contributed by atoms with van der Waals surface area (Å²) >= 11 is 0.